The standard InChI is InChI=1S/C21H18N2O5/c1-28-13-6-7-17-16(12-13)18(24)8-10-22(17)19(25)9-11-23-20(26)14-4-2-3-5-15(14)21(23)27/h2-7,12H,8-11H2,1H3. The number of benzene rings is 2. The van der Waals surface area contributed by atoms with E-state index in [4.69, 9.17) is 4.74 Å². The number of fused-ring (bicyclic) bond motifs is 2. The lowest BCUT2D eigenvalue weighted by atomic mass is 9.99. The Morgan fingerprint density at radius 2 is 1.68 bits per heavy atom. The summed E-state index contributed by atoms with van der Waals surface area (Å²) in [4.78, 5) is 52.5. The zero-order valence-corrected chi connectivity index (χ0v) is 15.3. The van der Waals surface area contributed by atoms with Gasteiger partial charge in [-0.15, -0.1) is 0 Å². The summed E-state index contributed by atoms with van der Waals surface area (Å²) in [5.41, 5.74) is 1.70. The normalized spacial score (nSPS) is 15.5. The number of hydrogen-bond donors (Lipinski definition) is 0. The maximum Gasteiger partial charge on any atom is 0.261 e. The summed E-state index contributed by atoms with van der Waals surface area (Å²) in [6.07, 6.45) is 0.212. The number of anilines is 1. The van der Waals surface area contributed by atoms with E-state index in [0.717, 1.165) is 4.90 Å². The van der Waals surface area contributed by atoms with Crippen molar-refractivity contribution >= 4 is 29.2 Å². The van der Waals surface area contributed by atoms with Crippen molar-refractivity contribution in [3.8, 4) is 5.75 Å². The summed E-state index contributed by atoms with van der Waals surface area (Å²) >= 11 is 0. The molecule has 0 aliphatic carbocycles. The minimum absolute atomic E-state index is 0.00111. The molecule has 28 heavy (non-hydrogen) atoms. The SMILES string of the molecule is COc1ccc2c(c1)C(=O)CCN2C(=O)CCN1C(=O)c2ccccc2C1=O. The zero-order chi connectivity index (χ0) is 19.8. The van der Waals surface area contributed by atoms with E-state index in [2.05, 4.69) is 0 Å². The average molecular weight is 378 g/mol. The summed E-state index contributed by atoms with van der Waals surface area (Å²) in [5, 5.41) is 0. The van der Waals surface area contributed by atoms with E-state index in [1.165, 1.54) is 12.0 Å². The molecule has 0 saturated carbocycles. The van der Waals surface area contributed by atoms with Gasteiger partial charge in [0.25, 0.3) is 11.8 Å². The molecular weight excluding hydrogens is 360 g/mol. The van der Waals surface area contributed by atoms with Crippen LogP contribution in [0.1, 0.15) is 43.9 Å². The molecule has 7 nitrogen and oxygen atoms in total. The molecule has 7 heteroatoms. The fourth-order valence-corrected chi connectivity index (χ4v) is 3.61. The fourth-order valence-electron chi connectivity index (χ4n) is 3.61. The van der Waals surface area contributed by atoms with Crippen LogP contribution < -0.4 is 9.64 Å². The van der Waals surface area contributed by atoms with Crippen LogP contribution in [0.3, 0.4) is 0 Å². The molecule has 2 aromatic carbocycles. The zero-order valence-electron chi connectivity index (χ0n) is 15.3. The molecule has 2 aliphatic rings. The summed E-state index contributed by atoms with van der Waals surface area (Å²) < 4.78 is 5.16. The molecule has 0 fully saturated rings. The predicted molar refractivity (Wildman–Crippen MR) is 101 cm³/mol. The summed E-state index contributed by atoms with van der Waals surface area (Å²) in [6.45, 7) is 0.278. The van der Waals surface area contributed by atoms with E-state index >= 15 is 0 Å². The summed E-state index contributed by atoms with van der Waals surface area (Å²) in [5.74, 6) is -0.499. The molecule has 0 unspecified atom stereocenters. The maximum atomic E-state index is 12.8. The van der Waals surface area contributed by atoms with Crippen molar-refractivity contribution in [3.05, 3.63) is 59.2 Å². The molecule has 0 N–H and O–H groups in total. The molecule has 0 radical (unpaired) electrons. The molecule has 0 atom stereocenters. The molecule has 0 spiro atoms. The topological polar surface area (TPSA) is 84.0 Å². The number of carbonyl (C=O) groups is 4. The molecule has 3 amide bonds. The number of Topliss-reactive ketones (excluding diaryl/α,β-unsaturated/α-hetero) is 1. The first kappa shape index (κ1) is 17.9. The fraction of sp³-hybridized carbons (Fsp3) is 0.238. The van der Waals surface area contributed by atoms with Crippen LogP contribution in [0.15, 0.2) is 42.5 Å². The predicted octanol–water partition coefficient (Wildman–Crippen LogP) is 2.30. The van der Waals surface area contributed by atoms with Crippen molar-refractivity contribution in [3.63, 3.8) is 0 Å². The molecule has 2 aromatic rings. The van der Waals surface area contributed by atoms with Crippen molar-refractivity contribution in [2.45, 2.75) is 12.8 Å². The third-order valence-corrected chi connectivity index (χ3v) is 5.09. The van der Waals surface area contributed by atoms with E-state index in [0.29, 0.717) is 28.1 Å². The minimum Gasteiger partial charge on any atom is -0.497 e. The highest BCUT2D eigenvalue weighted by Gasteiger charge is 2.36. The lowest BCUT2D eigenvalue weighted by molar-refractivity contribution is -0.118. The van der Waals surface area contributed by atoms with Gasteiger partial charge in [0, 0.05) is 31.5 Å². The first-order chi connectivity index (χ1) is 13.5. The Labute approximate surface area is 161 Å². The highest BCUT2D eigenvalue weighted by atomic mass is 16.5. The number of ether oxygens (including phenoxy) is 1. The first-order valence-corrected chi connectivity index (χ1v) is 8.98. The summed E-state index contributed by atoms with van der Waals surface area (Å²) in [7, 11) is 1.51. The van der Waals surface area contributed by atoms with Crippen LogP contribution in [0, 0.1) is 0 Å². The number of rotatable bonds is 4. The highest BCUT2D eigenvalue weighted by molar-refractivity contribution is 6.21. The van der Waals surface area contributed by atoms with Gasteiger partial charge in [-0.05, 0) is 30.3 Å². The Kier molecular flexibility index (Phi) is 4.43. The van der Waals surface area contributed by atoms with Crippen LogP contribution in [0.25, 0.3) is 0 Å². The molecule has 2 heterocycles. The number of nitrogens with zero attached hydrogens (tertiary/aromatic N) is 2. The third kappa shape index (κ3) is 2.85. The Bertz CT molecular complexity index is 979. The first-order valence-electron chi connectivity index (χ1n) is 8.98. The second-order valence-corrected chi connectivity index (χ2v) is 6.66. The Balaban J connectivity index is 1.50. The van der Waals surface area contributed by atoms with Gasteiger partial charge in [-0.25, -0.2) is 0 Å². The lowest BCUT2D eigenvalue weighted by Gasteiger charge is -2.29. The number of methoxy groups -OCH3 is 1. The number of imide groups is 1. The van der Waals surface area contributed by atoms with Crippen LogP contribution in [-0.2, 0) is 4.79 Å². The molecule has 0 aromatic heterocycles. The molecule has 142 valence electrons. The summed E-state index contributed by atoms with van der Waals surface area (Å²) in [6, 6.07) is 11.6. The van der Waals surface area contributed by atoms with Crippen molar-refractivity contribution in [1.82, 2.24) is 4.90 Å². The van der Waals surface area contributed by atoms with Crippen LogP contribution in [0.2, 0.25) is 0 Å². The van der Waals surface area contributed by atoms with Crippen LogP contribution in [0.4, 0.5) is 5.69 Å². The number of ketones is 1. The molecule has 4 rings (SSSR count). The van der Waals surface area contributed by atoms with Crippen LogP contribution >= 0.6 is 0 Å². The molecule has 0 bridgehead atoms. The quantitative estimate of drug-likeness (QED) is 0.763. The second-order valence-electron chi connectivity index (χ2n) is 6.66. The van der Waals surface area contributed by atoms with Gasteiger partial charge in [-0.3, -0.25) is 24.1 Å². The Morgan fingerprint density at radius 3 is 2.32 bits per heavy atom. The smallest absolute Gasteiger partial charge is 0.261 e. The van der Waals surface area contributed by atoms with Gasteiger partial charge in [-0.2, -0.15) is 0 Å². The number of hydrogen-bond acceptors (Lipinski definition) is 5. The molecule has 2 aliphatic heterocycles. The third-order valence-electron chi connectivity index (χ3n) is 5.09. The van der Waals surface area contributed by atoms with E-state index in [1.807, 2.05) is 0 Å². The average Bonchev–Trinajstić information content (AvgIpc) is 2.96. The molecule has 0 saturated heterocycles. The van der Waals surface area contributed by atoms with E-state index in [9.17, 15) is 19.2 Å². The van der Waals surface area contributed by atoms with E-state index in [1.54, 1.807) is 42.5 Å². The minimum atomic E-state index is -0.382. The number of carbonyl (C=O) groups excluding carboxylic acids is 4. The van der Waals surface area contributed by atoms with Gasteiger partial charge in [0.15, 0.2) is 5.78 Å². The maximum absolute atomic E-state index is 12.8. The van der Waals surface area contributed by atoms with Crippen LogP contribution in [-0.4, -0.2) is 48.6 Å². The van der Waals surface area contributed by atoms with Gasteiger partial charge in [0.1, 0.15) is 5.75 Å². The van der Waals surface area contributed by atoms with Crippen molar-refractivity contribution in [2.75, 3.05) is 25.1 Å². The second kappa shape index (κ2) is 6.92. The van der Waals surface area contributed by atoms with Gasteiger partial charge in [0.05, 0.1) is 23.9 Å². The van der Waals surface area contributed by atoms with Gasteiger partial charge in [-0.1, -0.05) is 12.1 Å². The van der Waals surface area contributed by atoms with Gasteiger partial charge < -0.3 is 9.64 Å². The molecular formula is C21H18N2O5. The largest absolute Gasteiger partial charge is 0.497 e. The van der Waals surface area contributed by atoms with Crippen molar-refractivity contribution < 1.29 is 23.9 Å². The highest BCUT2D eigenvalue weighted by Crippen LogP contribution is 2.31. The van der Waals surface area contributed by atoms with Crippen molar-refractivity contribution in [1.29, 1.82) is 0 Å². The van der Waals surface area contributed by atoms with Crippen LogP contribution in [0.5, 0.6) is 5.75 Å². The lowest BCUT2D eigenvalue weighted by Crippen LogP contribution is -2.40. The van der Waals surface area contributed by atoms with E-state index in [-0.39, 0.29) is 49.4 Å². The Morgan fingerprint density at radius 1 is 1.00 bits per heavy atom. The Hall–Kier alpha value is -3.48. The van der Waals surface area contributed by atoms with Gasteiger partial charge in [0.2, 0.25) is 5.91 Å². The monoisotopic (exact) mass is 378 g/mol. The number of amides is 3. The van der Waals surface area contributed by atoms with E-state index < -0.39 is 0 Å². The van der Waals surface area contributed by atoms with Gasteiger partial charge >= 0.3 is 0 Å². The van der Waals surface area contributed by atoms with Crippen molar-refractivity contribution in [2.24, 2.45) is 0 Å².